The van der Waals surface area contributed by atoms with Gasteiger partial charge in [0.25, 0.3) is 0 Å². The van der Waals surface area contributed by atoms with E-state index in [0.717, 1.165) is 11.4 Å². The molecule has 1 aromatic carbocycles. The number of hydrogen-bond donors (Lipinski definition) is 1. The first-order valence-electron chi connectivity index (χ1n) is 8.40. The summed E-state index contributed by atoms with van der Waals surface area (Å²) in [6, 6.07) is 6.64. The Morgan fingerprint density at radius 2 is 1.90 bits per heavy atom. The highest BCUT2D eigenvalue weighted by atomic mass is 35.5. The first-order chi connectivity index (χ1) is 10.2. The molecule has 21 heavy (non-hydrogen) atoms. The largest absolute Gasteiger partial charge is 0.492 e. The molecule has 0 aliphatic heterocycles. The SMILES string of the molecule is CCOc1ccc(NC2CCC3(CCCC3)CC2)cc1Cl. The van der Waals surface area contributed by atoms with Crippen molar-refractivity contribution in [2.24, 2.45) is 5.41 Å². The van der Waals surface area contributed by atoms with E-state index >= 15 is 0 Å². The highest BCUT2D eigenvalue weighted by molar-refractivity contribution is 6.32. The van der Waals surface area contributed by atoms with Gasteiger partial charge in [-0.1, -0.05) is 24.4 Å². The lowest BCUT2D eigenvalue weighted by atomic mass is 9.71. The smallest absolute Gasteiger partial charge is 0.138 e. The van der Waals surface area contributed by atoms with Gasteiger partial charge in [-0.05, 0) is 69.1 Å². The van der Waals surface area contributed by atoms with Crippen LogP contribution in [0.5, 0.6) is 5.75 Å². The van der Waals surface area contributed by atoms with Crippen LogP contribution in [0.1, 0.15) is 58.3 Å². The molecule has 0 amide bonds. The van der Waals surface area contributed by atoms with E-state index in [1.165, 1.54) is 51.4 Å². The van der Waals surface area contributed by atoms with Crippen LogP contribution in [0.4, 0.5) is 5.69 Å². The number of benzene rings is 1. The first kappa shape index (κ1) is 15.0. The van der Waals surface area contributed by atoms with Gasteiger partial charge in [0.2, 0.25) is 0 Å². The average Bonchev–Trinajstić information content (AvgIpc) is 2.93. The molecular weight excluding hydrogens is 282 g/mol. The summed E-state index contributed by atoms with van der Waals surface area (Å²) in [5.41, 5.74) is 1.82. The maximum atomic E-state index is 6.26. The molecule has 0 saturated heterocycles. The Hall–Kier alpha value is -0.890. The summed E-state index contributed by atoms with van der Waals surface area (Å²) in [6.07, 6.45) is 11.2. The lowest BCUT2D eigenvalue weighted by Gasteiger charge is -2.37. The molecule has 2 nitrogen and oxygen atoms in total. The lowest BCUT2D eigenvalue weighted by molar-refractivity contribution is 0.188. The van der Waals surface area contributed by atoms with Gasteiger partial charge in [-0.15, -0.1) is 0 Å². The number of anilines is 1. The summed E-state index contributed by atoms with van der Waals surface area (Å²) in [5, 5.41) is 4.36. The van der Waals surface area contributed by atoms with Gasteiger partial charge in [-0.2, -0.15) is 0 Å². The van der Waals surface area contributed by atoms with Crippen LogP contribution in [0.15, 0.2) is 18.2 Å². The third-order valence-corrected chi connectivity index (χ3v) is 5.61. The number of nitrogens with one attached hydrogen (secondary N) is 1. The zero-order valence-corrected chi connectivity index (χ0v) is 13.7. The second kappa shape index (κ2) is 6.48. The lowest BCUT2D eigenvalue weighted by Crippen LogP contribution is -2.31. The molecule has 116 valence electrons. The van der Waals surface area contributed by atoms with Crippen molar-refractivity contribution in [2.75, 3.05) is 11.9 Å². The predicted octanol–water partition coefficient (Wildman–Crippen LogP) is 5.65. The van der Waals surface area contributed by atoms with Crippen molar-refractivity contribution in [2.45, 2.75) is 64.3 Å². The Kier molecular flexibility index (Phi) is 4.63. The van der Waals surface area contributed by atoms with E-state index in [-0.39, 0.29) is 0 Å². The zero-order valence-electron chi connectivity index (χ0n) is 13.0. The van der Waals surface area contributed by atoms with Crippen molar-refractivity contribution in [1.82, 2.24) is 0 Å². The van der Waals surface area contributed by atoms with Crippen LogP contribution in [0.2, 0.25) is 5.02 Å². The summed E-state index contributed by atoms with van der Waals surface area (Å²) < 4.78 is 5.49. The highest BCUT2D eigenvalue weighted by Crippen LogP contribution is 2.49. The molecular formula is C18H26ClNO. The fourth-order valence-corrected chi connectivity index (χ4v) is 4.33. The van der Waals surface area contributed by atoms with Crippen molar-refractivity contribution in [3.8, 4) is 5.75 Å². The summed E-state index contributed by atoms with van der Waals surface area (Å²) >= 11 is 6.26. The molecule has 0 radical (unpaired) electrons. The van der Waals surface area contributed by atoms with Crippen molar-refractivity contribution in [3.05, 3.63) is 23.2 Å². The monoisotopic (exact) mass is 307 g/mol. The number of halogens is 1. The first-order valence-corrected chi connectivity index (χ1v) is 8.77. The molecule has 2 aliphatic rings. The van der Waals surface area contributed by atoms with Gasteiger partial charge in [0.1, 0.15) is 5.75 Å². The van der Waals surface area contributed by atoms with Crippen molar-refractivity contribution < 1.29 is 4.74 Å². The molecule has 2 aliphatic carbocycles. The minimum Gasteiger partial charge on any atom is -0.492 e. The van der Waals surface area contributed by atoms with Crippen molar-refractivity contribution in [3.63, 3.8) is 0 Å². The number of hydrogen-bond acceptors (Lipinski definition) is 2. The van der Waals surface area contributed by atoms with E-state index in [1.54, 1.807) is 0 Å². The van der Waals surface area contributed by atoms with Gasteiger partial charge in [0, 0.05) is 11.7 Å². The fraction of sp³-hybridized carbons (Fsp3) is 0.667. The normalized spacial score (nSPS) is 21.6. The fourth-order valence-electron chi connectivity index (χ4n) is 4.10. The van der Waals surface area contributed by atoms with Gasteiger partial charge in [0.05, 0.1) is 11.6 Å². The molecule has 1 aromatic rings. The summed E-state index contributed by atoms with van der Waals surface area (Å²) in [5.74, 6) is 0.776. The van der Waals surface area contributed by atoms with Crippen LogP contribution in [0.3, 0.4) is 0 Å². The summed E-state index contributed by atoms with van der Waals surface area (Å²) in [6.45, 7) is 2.63. The number of rotatable bonds is 4. The molecule has 1 N–H and O–H groups in total. The Morgan fingerprint density at radius 3 is 2.52 bits per heavy atom. The third kappa shape index (κ3) is 3.48. The van der Waals surface area contributed by atoms with Crippen LogP contribution < -0.4 is 10.1 Å². The van der Waals surface area contributed by atoms with Crippen LogP contribution in [0.25, 0.3) is 0 Å². The summed E-state index contributed by atoms with van der Waals surface area (Å²) in [4.78, 5) is 0. The molecule has 0 heterocycles. The maximum absolute atomic E-state index is 6.26. The minimum atomic E-state index is 0.602. The minimum absolute atomic E-state index is 0.602. The number of ether oxygens (including phenoxy) is 1. The zero-order chi connectivity index (χ0) is 14.7. The van der Waals surface area contributed by atoms with Gasteiger partial charge < -0.3 is 10.1 Å². The van der Waals surface area contributed by atoms with E-state index in [2.05, 4.69) is 11.4 Å². The van der Waals surface area contributed by atoms with Gasteiger partial charge in [-0.3, -0.25) is 0 Å². The Balaban J connectivity index is 1.56. The Bertz CT molecular complexity index is 472. The van der Waals surface area contributed by atoms with Crippen LogP contribution in [0, 0.1) is 5.41 Å². The Labute approximate surface area is 133 Å². The molecule has 3 rings (SSSR count). The van der Waals surface area contributed by atoms with E-state index in [9.17, 15) is 0 Å². The van der Waals surface area contributed by atoms with Crippen LogP contribution in [-0.4, -0.2) is 12.6 Å². The molecule has 0 aromatic heterocycles. The highest BCUT2D eigenvalue weighted by Gasteiger charge is 2.37. The van der Waals surface area contributed by atoms with Crippen LogP contribution >= 0.6 is 11.6 Å². The maximum Gasteiger partial charge on any atom is 0.138 e. The van der Waals surface area contributed by atoms with Gasteiger partial charge >= 0.3 is 0 Å². The second-order valence-corrected chi connectivity index (χ2v) is 7.11. The van der Waals surface area contributed by atoms with Gasteiger partial charge in [0.15, 0.2) is 0 Å². The summed E-state index contributed by atoms with van der Waals surface area (Å²) in [7, 11) is 0. The molecule has 0 unspecified atom stereocenters. The molecule has 0 bridgehead atoms. The molecule has 2 saturated carbocycles. The molecule has 2 fully saturated rings. The predicted molar refractivity (Wildman–Crippen MR) is 89.4 cm³/mol. The molecule has 1 spiro atoms. The topological polar surface area (TPSA) is 21.3 Å². The van der Waals surface area contributed by atoms with E-state index in [4.69, 9.17) is 16.3 Å². The molecule has 3 heteroatoms. The van der Waals surface area contributed by atoms with Crippen LogP contribution in [-0.2, 0) is 0 Å². The average molecular weight is 308 g/mol. The van der Waals surface area contributed by atoms with Gasteiger partial charge in [-0.25, -0.2) is 0 Å². The van der Waals surface area contributed by atoms with E-state index < -0.39 is 0 Å². The Morgan fingerprint density at radius 1 is 1.19 bits per heavy atom. The second-order valence-electron chi connectivity index (χ2n) is 6.70. The van der Waals surface area contributed by atoms with E-state index in [0.29, 0.717) is 23.1 Å². The van der Waals surface area contributed by atoms with Crippen molar-refractivity contribution in [1.29, 1.82) is 0 Å². The quantitative estimate of drug-likeness (QED) is 0.775. The third-order valence-electron chi connectivity index (χ3n) is 5.31. The van der Waals surface area contributed by atoms with Crippen molar-refractivity contribution >= 4 is 17.3 Å². The van der Waals surface area contributed by atoms with E-state index in [1.807, 2.05) is 19.1 Å². The standard InChI is InChI=1S/C18H26ClNO/c1-2-21-17-6-5-15(13-16(17)19)20-14-7-11-18(12-8-14)9-3-4-10-18/h5-6,13-14,20H,2-4,7-12H2,1H3. The molecule has 0 atom stereocenters.